The van der Waals surface area contributed by atoms with Crippen LogP contribution in [-0.2, 0) is 0 Å². The number of benzene rings is 11. The van der Waals surface area contributed by atoms with Crippen LogP contribution in [0, 0.1) is 0 Å². The number of nitrogens with zero attached hydrogens (tertiary/aromatic N) is 5. The first-order valence-corrected chi connectivity index (χ1v) is 23.7. The van der Waals surface area contributed by atoms with E-state index in [2.05, 4.69) is 250 Å². The van der Waals surface area contributed by atoms with Crippen LogP contribution in [0.5, 0.6) is 0 Å². The van der Waals surface area contributed by atoms with Gasteiger partial charge in [-0.3, -0.25) is 4.99 Å². The van der Waals surface area contributed by atoms with Crippen molar-refractivity contribution in [1.29, 1.82) is 0 Å². The highest BCUT2D eigenvalue weighted by molar-refractivity contribution is 6.22. The molecule has 1 atom stereocenters. The van der Waals surface area contributed by atoms with Crippen LogP contribution in [-0.4, -0.2) is 19.4 Å². The summed E-state index contributed by atoms with van der Waals surface area (Å²) in [5, 5.41) is 17.5. The third kappa shape index (κ3) is 5.62. The molecule has 0 fully saturated rings. The Labute approximate surface area is 397 Å². The van der Waals surface area contributed by atoms with E-state index in [9.17, 15) is 0 Å². The Hall–Kier alpha value is -9.19. The van der Waals surface area contributed by atoms with Gasteiger partial charge in [0.1, 0.15) is 0 Å². The van der Waals surface area contributed by atoms with Gasteiger partial charge in [0.2, 0.25) is 0 Å². The van der Waals surface area contributed by atoms with E-state index in [1.807, 2.05) is 0 Å². The number of hydrogen-bond donors (Lipinski definition) is 0. The van der Waals surface area contributed by atoms with E-state index in [1.54, 1.807) is 0 Å². The summed E-state index contributed by atoms with van der Waals surface area (Å²) in [4.78, 5) is 5.58. The molecule has 15 rings (SSSR count). The van der Waals surface area contributed by atoms with E-state index in [-0.39, 0.29) is 0 Å². The predicted octanol–water partition coefficient (Wildman–Crippen LogP) is 16.8. The van der Waals surface area contributed by atoms with Gasteiger partial charge in [-0.05, 0) is 105 Å². The molecular formula is C64H40N5-. The van der Waals surface area contributed by atoms with E-state index in [0.29, 0.717) is 0 Å². The number of hydrogen-bond acceptors (Lipinski definition) is 1. The second-order valence-corrected chi connectivity index (χ2v) is 18.3. The van der Waals surface area contributed by atoms with Crippen molar-refractivity contribution >= 4 is 98.4 Å². The lowest BCUT2D eigenvalue weighted by molar-refractivity contribution is 0.883. The molecule has 1 aliphatic rings. The Morgan fingerprint density at radius 3 is 1.32 bits per heavy atom. The summed E-state index contributed by atoms with van der Waals surface area (Å²) in [6, 6.07) is 86.0. The van der Waals surface area contributed by atoms with E-state index in [0.717, 1.165) is 67.0 Å². The zero-order valence-electron chi connectivity index (χ0n) is 37.3. The van der Waals surface area contributed by atoms with E-state index < -0.39 is 6.17 Å². The minimum absolute atomic E-state index is 0.417. The molecule has 0 amide bonds. The first-order valence-electron chi connectivity index (χ1n) is 23.7. The molecular weight excluding hydrogens is 839 g/mol. The Morgan fingerprint density at radius 1 is 0.319 bits per heavy atom. The molecule has 0 radical (unpaired) electrons. The summed E-state index contributed by atoms with van der Waals surface area (Å²) in [7, 11) is 0. The molecule has 0 bridgehead atoms. The molecule has 3 aromatic heterocycles. The molecule has 1 aliphatic heterocycles. The number of aliphatic imine (C=N–C) groups is 1. The SMILES string of the molecule is c1cc(C2=NC(c3cccc4ccccc34)[N-]c3c2ccc2ccccc32)cc(-n2c3ccc(-n4c5ccccc5c5ccccc54)cc3c3cc(-n4c5ccccc5c5ccccc54)ccc32)c1. The Bertz CT molecular complexity index is 4200. The number of fused-ring (bicyclic) bond motifs is 13. The highest BCUT2D eigenvalue weighted by atomic mass is 15.1. The van der Waals surface area contributed by atoms with Gasteiger partial charge in [-0.1, -0.05) is 164 Å². The fourth-order valence-corrected chi connectivity index (χ4v) is 11.5. The van der Waals surface area contributed by atoms with Gasteiger partial charge in [-0.2, -0.15) is 0 Å². The second kappa shape index (κ2) is 14.7. The molecule has 0 spiro atoms. The molecule has 11 aromatic carbocycles. The third-order valence-electron chi connectivity index (χ3n) is 14.5. The lowest BCUT2D eigenvalue weighted by Gasteiger charge is -2.39. The van der Waals surface area contributed by atoms with Crippen LogP contribution >= 0.6 is 0 Å². The topological polar surface area (TPSA) is 41.2 Å². The lowest BCUT2D eigenvalue weighted by Crippen LogP contribution is -2.13. The van der Waals surface area contributed by atoms with Crippen molar-refractivity contribution in [2.24, 2.45) is 4.99 Å². The maximum absolute atomic E-state index is 5.58. The van der Waals surface area contributed by atoms with Gasteiger partial charge in [-0.15, -0.1) is 5.69 Å². The molecule has 0 aliphatic carbocycles. The predicted molar refractivity (Wildman–Crippen MR) is 289 cm³/mol. The van der Waals surface area contributed by atoms with E-state index in [1.165, 1.54) is 65.2 Å². The third-order valence-corrected chi connectivity index (χ3v) is 14.5. The van der Waals surface area contributed by atoms with Gasteiger partial charge in [0, 0.05) is 61.1 Å². The normalized spacial score (nSPS) is 13.9. The molecule has 0 saturated carbocycles. The first kappa shape index (κ1) is 38.0. The average molecular weight is 879 g/mol. The van der Waals surface area contributed by atoms with Crippen LogP contribution in [0.4, 0.5) is 5.69 Å². The largest absolute Gasteiger partial charge is 0.659 e. The number of rotatable bonds is 5. The van der Waals surface area contributed by atoms with Gasteiger partial charge in [0.15, 0.2) is 0 Å². The minimum Gasteiger partial charge on any atom is -0.659 e. The highest BCUT2D eigenvalue weighted by Crippen LogP contribution is 2.47. The quantitative estimate of drug-likeness (QED) is 0.165. The maximum Gasteiger partial charge on any atom is 0.0696 e. The fraction of sp³-hybridized carbons (Fsp3) is 0.0156. The van der Waals surface area contributed by atoms with Crippen LogP contribution in [0.1, 0.15) is 22.9 Å². The zero-order valence-corrected chi connectivity index (χ0v) is 37.3. The van der Waals surface area contributed by atoms with Gasteiger partial charge >= 0.3 is 0 Å². The highest BCUT2D eigenvalue weighted by Gasteiger charge is 2.22. The smallest absolute Gasteiger partial charge is 0.0696 e. The minimum atomic E-state index is -0.417. The molecule has 5 nitrogen and oxygen atoms in total. The molecule has 5 heteroatoms. The van der Waals surface area contributed by atoms with Gasteiger partial charge in [0.25, 0.3) is 0 Å². The summed E-state index contributed by atoms with van der Waals surface area (Å²) in [6.45, 7) is 0. The molecule has 322 valence electrons. The molecule has 0 saturated heterocycles. The summed E-state index contributed by atoms with van der Waals surface area (Å²) < 4.78 is 7.28. The molecule has 0 N–H and O–H groups in total. The molecule has 69 heavy (non-hydrogen) atoms. The standard InChI is InChI=1S/C64H40N5/c1-3-20-46-40(15-1)17-14-26-52(46)64-65-62(53-34-31-41-16-2-4-21-47(41)63(53)66-64)42-18-13-19-43(37-42)67-60-35-32-44(68-56-27-9-5-22-48(56)49-23-6-10-28-57(49)68)38-54(60)55-39-45(33-36-61(55)67)69-58-29-11-7-24-50(58)51-25-8-12-30-59(51)69/h1-39,64H/q-1. The van der Waals surface area contributed by atoms with Crippen molar-refractivity contribution in [1.82, 2.24) is 13.7 Å². The van der Waals surface area contributed by atoms with Gasteiger partial charge in [0.05, 0.1) is 38.8 Å². The van der Waals surface area contributed by atoms with Crippen molar-refractivity contribution < 1.29 is 0 Å². The van der Waals surface area contributed by atoms with Crippen molar-refractivity contribution in [3.8, 4) is 17.1 Å². The van der Waals surface area contributed by atoms with Crippen molar-refractivity contribution in [3.05, 3.63) is 259 Å². The fourth-order valence-electron chi connectivity index (χ4n) is 11.5. The van der Waals surface area contributed by atoms with Gasteiger partial charge in [-0.25, -0.2) is 0 Å². The average Bonchev–Trinajstić information content (AvgIpc) is 4.05. The molecule has 1 unspecified atom stereocenters. The Morgan fingerprint density at radius 2 is 0.754 bits per heavy atom. The monoisotopic (exact) mass is 878 g/mol. The first-order chi connectivity index (χ1) is 34.2. The van der Waals surface area contributed by atoms with Crippen LogP contribution < -0.4 is 0 Å². The summed E-state index contributed by atoms with van der Waals surface area (Å²) >= 11 is 0. The van der Waals surface area contributed by atoms with Crippen LogP contribution in [0.25, 0.3) is 109 Å². The van der Waals surface area contributed by atoms with Crippen LogP contribution in [0.2, 0.25) is 0 Å². The summed E-state index contributed by atoms with van der Waals surface area (Å²) in [5.74, 6) is 0. The number of aromatic nitrogens is 3. The lowest BCUT2D eigenvalue weighted by atomic mass is 9.93. The van der Waals surface area contributed by atoms with E-state index in [4.69, 9.17) is 10.3 Å². The second-order valence-electron chi connectivity index (χ2n) is 18.3. The van der Waals surface area contributed by atoms with Crippen molar-refractivity contribution in [3.63, 3.8) is 0 Å². The Kier molecular flexibility index (Phi) is 8.06. The van der Waals surface area contributed by atoms with Crippen LogP contribution in [0.15, 0.2) is 242 Å². The van der Waals surface area contributed by atoms with E-state index >= 15 is 0 Å². The van der Waals surface area contributed by atoms with Crippen molar-refractivity contribution in [2.75, 3.05) is 0 Å². The molecule has 14 aromatic rings. The van der Waals surface area contributed by atoms with Crippen LogP contribution in [0.3, 0.4) is 0 Å². The molecule has 4 heterocycles. The summed E-state index contributed by atoms with van der Waals surface area (Å²) in [5.41, 5.74) is 15.4. The number of para-hydroxylation sites is 4. The van der Waals surface area contributed by atoms with Crippen molar-refractivity contribution in [2.45, 2.75) is 6.17 Å². The maximum atomic E-state index is 5.58. The Balaban J connectivity index is 0.972. The zero-order chi connectivity index (χ0) is 45.2. The summed E-state index contributed by atoms with van der Waals surface area (Å²) in [6.07, 6.45) is -0.417. The van der Waals surface area contributed by atoms with Gasteiger partial charge < -0.3 is 19.0 Å².